The number of halogens is 1. The molecule has 2 aromatic rings. The van der Waals surface area contributed by atoms with E-state index >= 15 is 0 Å². The topological polar surface area (TPSA) is 66.5 Å². The van der Waals surface area contributed by atoms with Gasteiger partial charge in [-0.1, -0.05) is 35.9 Å². The Morgan fingerprint density at radius 3 is 2.14 bits per heavy atom. The minimum absolute atomic E-state index is 0.125. The van der Waals surface area contributed by atoms with E-state index in [1.165, 1.54) is 4.90 Å². The molecule has 1 aliphatic heterocycles. The smallest absolute Gasteiger partial charge is 0.255 e. The Bertz CT molecular complexity index is 1000. The molecule has 1 heterocycles. The number of anilines is 2. The van der Waals surface area contributed by atoms with Gasteiger partial charge in [-0.15, -0.1) is 0 Å². The molecule has 4 atom stereocenters. The molecule has 1 N–H and O–H groups in total. The molecule has 5 nitrogen and oxygen atoms in total. The Balaban J connectivity index is 1.36. The van der Waals surface area contributed by atoms with Gasteiger partial charge >= 0.3 is 0 Å². The van der Waals surface area contributed by atoms with Gasteiger partial charge < -0.3 is 5.32 Å². The highest BCUT2D eigenvalue weighted by Gasteiger charge is 2.59. The summed E-state index contributed by atoms with van der Waals surface area (Å²) in [6.07, 6.45) is 5.05. The molecule has 0 unspecified atom stereocenters. The van der Waals surface area contributed by atoms with Crippen LogP contribution >= 0.6 is 11.6 Å². The lowest BCUT2D eigenvalue weighted by Crippen LogP contribution is -2.32. The molecule has 3 amide bonds. The zero-order valence-electron chi connectivity index (χ0n) is 14.8. The van der Waals surface area contributed by atoms with Gasteiger partial charge in [0.1, 0.15) is 0 Å². The lowest BCUT2D eigenvalue weighted by Gasteiger charge is -2.17. The van der Waals surface area contributed by atoms with E-state index in [9.17, 15) is 14.4 Å². The molecular formula is C22H17ClN2O3. The lowest BCUT2D eigenvalue weighted by atomic mass is 9.85. The predicted molar refractivity (Wildman–Crippen MR) is 106 cm³/mol. The van der Waals surface area contributed by atoms with E-state index in [1.807, 2.05) is 0 Å². The summed E-state index contributed by atoms with van der Waals surface area (Å²) < 4.78 is 0. The number of imide groups is 1. The van der Waals surface area contributed by atoms with Crippen molar-refractivity contribution in [1.29, 1.82) is 0 Å². The Labute approximate surface area is 167 Å². The van der Waals surface area contributed by atoms with Gasteiger partial charge in [0.15, 0.2) is 0 Å². The fourth-order valence-electron chi connectivity index (χ4n) is 4.68. The summed E-state index contributed by atoms with van der Waals surface area (Å²) in [4.78, 5) is 39.5. The van der Waals surface area contributed by atoms with Crippen LogP contribution in [0.15, 0.2) is 60.7 Å². The maximum Gasteiger partial charge on any atom is 0.255 e. The van der Waals surface area contributed by atoms with Gasteiger partial charge in [-0.25, -0.2) is 0 Å². The number of nitrogens with zero attached hydrogens (tertiary/aromatic N) is 1. The number of para-hydroxylation sites is 1. The first-order valence-corrected chi connectivity index (χ1v) is 9.64. The molecule has 2 aromatic carbocycles. The average Bonchev–Trinajstić information content (AvgIpc) is 3.38. The van der Waals surface area contributed by atoms with Gasteiger partial charge in [-0.05, 0) is 54.7 Å². The predicted octanol–water partition coefficient (Wildman–Crippen LogP) is 3.90. The second kappa shape index (κ2) is 6.31. The number of nitrogens with one attached hydrogen (secondary N) is 1. The van der Waals surface area contributed by atoms with Crippen molar-refractivity contribution >= 4 is 40.7 Å². The van der Waals surface area contributed by atoms with Crippen molar-refractivity contribution in [2.45, 2.75) is 6.42 Å². The quantitative estimate of drug-likeness (QED) is 0.636. The Hall–Kier alpha value is -2.92. The van der Waals surface area contributed by atoms with Crippen molar-refractivity contribution in [3.63, 3.8) is 0 Å². The third-order valence-corrected chi connectivity index (χ3v) is 6.31. The van der Waals surface area contributed by atoms with Crippen LogP contribution in [0.2, 0.25) is 5.02 Å². The van der Waals surface area contributed by atoms with Crippen molar-refractivity contribution in [3.8, 4) is 0 Å². The fourth-order valence-corrected chi connectivity index (χ4v) is 4.86. The number of benzene rings is 2. The normalized spacial score (nSPS) is 27.4. The number of carbonyl (C=O) groups excluding carboxylic acids is 3. The largest absolute Gasteiger partial charge is 0.321 e. The van der Waals surface area contributed by atoms with E-state index in [0.29, 0.717) is 22.0 Å². The number of rotatable bonds is 3. The molecule has 140 valence electrons. The van der Waals surface area contributed by atoms with Crippen LogP contribution in [0.25, 0.3) is 0 Å². The molecule has 5 rings (SSSR count). The standard InChI is InChI=1S/C22H17ClN2O3/c23-16-3-1-2-4-17(16)24-20(26)12-7-9-15(10-8-12)25-21(27)18-13-5-6-14(11-13)19(18)22(25)28/h1-10,13-14,18-19H,11H2,(H,24,26)/t13-,14+,18+,19-. The van der Waals surface area contributed by atoms with E-state index < -0.39 is 0 Å². The molecule has 2 aliphatic carbocycles. The number of amides is 3. The van der Waals surface area contributed by atoms with Gasteiger partial charge in [0, 0.05) is 5.56 Å². The molecule has 1 saturated carbocycles. The van der Waals surface area contributed by atoms with Crippen molar-refractivity contribution in [2.75, 3.05) is 10.2 Å². The lowest BCUT2D eigenvalue weighted by molar-refractivity contribution is -0.123. The highest BCUT2D eigenvalue weighted by Crippen LogP contribution is 2.53. The molecule has 0 aromatic heterocycles. The minimum Gasteiger partial charge on any atom is -0.321 e. The van der Waals surface area contributed by atoms with Gasteiger partial charge in [-0.3, -0.25) is 19.3 Å². The van der Waals surface area contributed by atoms with E-state index in [1.54, 1.807) is 48.5 Å². The Morgan fingerprint density at radius 2 is 1.54 bits per heavy atom. The van der Waals surface area contributed by atoms with Crippen LogP contribution < -0.4 is 10.2 Å². The SMILES string of the molecule is O=C(Nc1ccccc1Cl)c1ccc(N2C(=O)[C@@H]3[C@H](C2=O)[C@H]2C=C[C@@H]3C2)cc1. The van der Waals surface area contributed by atoms with Gasteiger partial charge in [0.25, 0.3) is 5.91 Å². The van der Waals surface area contributed by atoms with Crippen LogP contribution in [0.3, 0.4) is 0 Å². The number of fused-ring (bicyclic) bond motifs is 5. The molecule has 2 bridgehead atoms. The van der Waals surface area contributed by atoms with Crippen LogP contribution in [-0.2, 0) is 9.59 Å². The third kappa shape index (κ3) is 2.50. The van der Waals surface area contributed by atoms with Crippen LogP contribution in [0.5, 0.6) is 0 Å². The number of hydrogen-bond donors (Lipinski definition) is 1. The number of hydrogen-bond acceptors (Lipinski definition) is 3. The van der Waals surface area contributed by atoms with Crippen LogP contribution in [-0.4, -0.2) is 17.7 Å². The highest BCUT2D eigenvalue weighted by atomic mass is 35.5. The van der Waals surface area contributed by atoms with E-state index in [0.717, 1.165) is 6.42 Å². The molecule has 2 fully saturated rings. The van der Waals surface area contributed by atoms with Crippen molar-refractivity contribution in [1.82, 2.24) is 0 Å². The molecule has 0 radical (unpaired) electrons. The summed E-state index contributed by atoms with van der Waals surface area (Å²) in [5, 5.41) is 3.21. The maximum absolute atomic E-state index is 12.9. The van der Waals surface area contributed by atoms with Crippen molar-refractivity contribution < 1.29 is 14.4 Å². The second-order valence-electron chi connectivity index (χ2n) is 7.49. The summed E-state index contributed by atoms with van der Waals surface area (Å²) in [5.74, 6) is -0.663. The zero-order chi connectivity index (χ0) is 19.4. The first-order chi connectivity index (χ1) is 13.5. The molecule has 6 heteroatoms. The first-order valence-electron chi connectivity index (χ1n) is 9.26. The molecule has 3 aliphatic rings. The summed E-state index contributed by atoms with van der Waals surface area (Å²) >= 11 is 6.07. The van der Waals surface area contributed by atoms with E-state index in [4.69, 9.17) is 11.6 Å². The maximum atomic E-state index is 12.9. The number of carbonyl (C=O) groups is 3. The van der Waals surface area contributed by atoms with Gasteiger partial charge in [0.05, 0.1) is 28.2 Å². The molecule has 0 spiro atoms. The molecular weight excluding hydrogens is 376 g/mol. The summed E-state index contributed by atoms with van der Waals surface area (Å²) in [6.45, 7) is 0. The van der Waals surface area contributed by atoms with Crippen molar-refractivity contribution in [3.05, 3.63) is 71.3 Å². The average molecular weight is 393 g/mol. The molecule has 28 heavy (non-hydrogen) atoms. The van der Waals surface area contributed by atoms with Gasteiger partial charge in [0.2, 0.25) is 11.8 Å². The van der Waals surface area contributed by atoms with Crippen molar-refractivity contribution in [2.24, 2.45) is 23.7 Å². The Kier molecular flexibility index (Phi) is 3.88. The molecule has 1 saturated heterocycles. The summed E-state index contributed by atoms with van der Waals surface area (Å²) in [7, 11) is 0. The zero-order valence-corrected chi connectivity index (χ0v) is 15.6. The minimum atomic E-state index is -0.308. The second-order valence-corrected chi connectivity index (χ2v) is 7.90. The van der Waals surface area contributed by atoms with E-state index in [2.05, 4.69) is 17.5 Å². The summed E-state index contributed by atoms with van der Waals surface area (Å²) in [6, 6.07) is 13.5. The number of allylic oxidation sites excluding steroid dienone is 2. The fraction of sp³-hybridized carbons (Fsp3) is 0.227. The highest BCUT2D eigenvalue weighted by molar-refractivity contribution is 6.33. The van der Waals surface area contributed by atoms with Gasteiger partial charge in [-0.2, -0.15) is 0 Å². The monoisotopic (exact) mass is 392 g/mol. The Morgan fingerprint density at radius 1 is 0.929 bits per heavy atom. The van der Waals surface area contributed by atoms with Crippen LogP contribution in [0.1, 0.15) is 16.8 Å². The first kappa shape index (κ1) is 17.2. The van der Waals surface area contributed by atoms with Crippen LogP contribution in [0, 0.1) is 23.7 Å². The van der Waals surface area contributed by atoms with E-state index in [-0.39, 0.29) is 41.4 Å². The summed E-state index contributed by atoms with van der Waals surface area (Å²) in [5.41, 5.74) is 1.46. The van der Waals surface area contributed by atoms with Crippen LogP contribution in [0.4, 0.5) is 11.4 Å². The third-order valence-electron chi connectivity index (χ3n) is 5.98.